The van der Waals surface area contributed by atoms with Crippen molar-refractivity contribution in [3.63, 3.8) is 0 Å². The van der Waals surface area contributed by atoms with Crippen LogP contribution in [0.4, 0.5) is 10.1 Å². The highest BCUT2D eigenvalue weighted by molar-refractivity contribution is 7.92. The molecule has 0 saturated heterocycles. The highest BCUT2D eigenvalue weighted by Crippen LogP contribution is 2.17. The number of hydrogen-bond donors (Lipinski definition) is 1. The van der Waals surface area contributed by atoms with Crippen LogP contribution in [-0.4, -0.2) is 32.9 Å². The van der Waals surface area contributed by atoms with Gasteiger partial charge < -0.3 is 5.11 Å². The second-order valence-electron chi connectivity index (χ2n) is 3.69. The number of halogens is 1. The number of aliphatic hydroxyl groups excluding tert-OH is 1. The monoisotopic (exact) mass is 261 g/mol. The summed E-state index contributed by atoms with van der Waals surface area (Å²) in [6.07, 6.45) is 0.828. The van der Waals surface area contributed by atoms with E-state index >= 15 is 0 Å². The van der Waals surface area contributed by atoms with Crippen molar-refractivity contribution in [3.8, 4) is 0 Å². The van der Waals surface area contributed by atoms with Crippen molar-refractivity contribution in [2.45, 2.75) is 12.8 Å². The predicted molar refractivity (Wildman–Crippen MR) is 64.9 cm³/mol. The van der Waals surface area contributed by atoms with Gasteiger partial charge in [-0.15, -0.1) is 0 Å². The number of sulfonamides is 1. The van der Waals surface area contributed by atoms with Gasteiger partial charge >= 0.3 is 0 Å². The second-order valence-corrected chi connectivity index (χ2v) is 5.81. The molecule has 0 radical (unpaired) electrons. The van der Waals surface area contributed by atoms with Crippen LogP contribution in [0.1, 0.15) is 12.8 Å². The second kappa shape index (κ2) is 5.97. The van der Waals surface area contributed by atoms with E-state index in [9.17, 15) is 12.8 Å². The molecule has 4 nitrogen and oxygen atoms in total. The summed E-state index contributed by atoms with van der Waals surface area (Å²) in [5, 5.41) is 8.60. The summed E-state index contributed by atoms with van der Waals surface area (Å²) in [6, 6.07) is 5.43. The summed E-state index contributed by atoms with van der Waals surface area (Å²) in [4.78, 5) is 0. The van der Waals surface area contributed by atoms with E-state index in [1.165, 1.54) is 31.3 Å². The van der Waals surface area contributed by atoms with Crippen LogP contribution in [-0.2, 0) is 10.0 Å². The van der Waals surface area contributed by atoms with Crippen LogP contribution >= 0.6 is 0 Å². The largest absolute Gasteiger partial charge is 0.396 e. The average Bonchev–Trinajstić information content (AvgIpc) is 2.28. The molecule has 0 atom stereocenters. The van der Waals surface area contributed by atoms with E-state index < -0.39 is 15.8 Å². The molecular weight excluding hydrogens is 245 g/mol. The topological polar surface area (TPSA) is 57.6 Å². The zero-order chi connectivity index (χ0) is 12.9. The Morgan fingerprint density at radius 1 is 1.35 bits per heavy atom. The zero-order valence-corrected chi connectivity index (χ0v) is 10.5. The van der Waals surface area contributed by atoms with Crippen LogP contribution in [0, 0.1) is 5.82 Å². The molecule has 0 aliphatic heterocycles. The Kier molecular flexibility index (Phi) is 4.89. The third-order valence-corrected chi connectivity index (χ3v) is 4.25. The first-order valence-electron chi connectivity index (χ1n) is 5.30. The maximum absolute atomic E-state index is 13.0. The van der Waals surface area contributed by atoms with Gasteiger partial charge in [0.1, 0.15) is 5.82 Å². The highest BCUT2D eigenvalue weighted by atomic mass is 32.2. The van der Waals surface area contributed by atoms with E-state index in [2.05, 4.69) is 0 Å². The molecule has 1 aromatic carbocycles. The van der Waals surface area contributed by atoms with Gasteiger partial charge in [-0.25, -0.2) is 12.8 Å². The molecular formula is C11H16FNO3S. The molecule has 6 heteroatoms. The molecule has 0 spiro atoms. The third-order valence-electron chi connectivity index (χ3n) is 2.40. The van der Waals surface area contributed by atoms with E-state index in [-0.39, 0.29) is 12.4 Å². The van der Waals surface area contributed by atoms with Crippen LogP contribution in [0.3, 0.4) is 0 Å². The smallest absolute Gasteiger partial charge is 0.234 e. The molecule has 0 aromatic heterocycles. The average molecular weight is 261 g/mol. The fraction of sp³-hybridized carbons (Fsp3) is 0.455. The van der Waals surface area contributed by atoms with Gasteiger partial charge in [0.2, 0.25) is 10.0 Å². The zero-order valence-electron chi connectivity index (χ0n) is 9.63. The van der Waals surface area contributed by atoms with Gasteiger partial charge in [-0.2, -0.15) is 0 Å². The van der Waals surface area contributed by atoms with Gasteiger partial charge in [-0.1, -0.05) is 6.07 Å². The van der Waals surface area contributed by atoms with Gasteiger partial charge in [0.15, 0.2) is 0 Å². The minimum absolute atomic E-state index is 0.0286. The maximum atomic E-state index is 13.0. The van der Waals surface area contributed by atoms with Crippen LogP contribution in [0.25, 0.3) is 0 Å². The van der Waals surface area contributed by atoms with Crippen molar-refractivity contribution in [2.24, 2.45) is 0 Å². The number of unbranched alkanes of at least 4 members (excludes halogenated alkanes) is 1. The molecule has 17 heavy (non-hydrogen) atoms. The van der Waals surface area contributed by atoms with E-state index in [0.29, 0.717) is 18.5 Å². The minimum Gasteiger partial charge on any atom is -0.396 e. The lowest BCUT2D eigenvalue weighted by Gasteiger charge is -2.19. The number of anilines is 1. The van der Waals surface area contributed by atoms with Crippen LogP contribution in [0.15, 0.2) is 24.3 Å². The standard InChI is InChI=1S/C11H16FNO3S/c1-13(11-6-4-5-10(12)9-11)17(15,16)8-3-2-7-14/h4-6,9,14H,2-3,7-8H2,1H3. The number of hydrogen-bond acceptors (Lipinski definition) is 3. The predicted octanol–water partition coefficient (Wildman–Crippen LogP) is 1.36. The molecule has 0 bridgehead atoms. The Morgan fingerprint density at radius 3 is 2.65 bits per heavy atom. The fourth-order valence-electron chi connectivity index (χ4n) is 1.37. The number of rotatable bonds is 6. The van der Waals surface area contributed by atoms with Crippen molar-refractivity contribution in [2.75, 3.05) is 23.7 Å². The highest BCUT2D eigenvalue weighted by Gasteiger charge is 2.17. The lowest BCUT2D eigenvalue weighted by atomic mass is 10.3. The molecule has 1 N–H and O–H groups in total. The SMILES string of the molecule is CN(c1cccc(F)c1)S(=O)(=O)CCCCO. The van der Waals surface area contributed by atoms with Crippen molar-refractivity contribution < 1.29 is 17.9 Å². The van der Waals surface area contributed by atoms with Crippen molar-refractivity contribution in [3.05, 3.63) is 30.1 Å². The first-order valence-corrected chi connectivity index (χ1v) is 6.91. The number of nitrogens with zero attached hydrogens (tertiary/aromatic N) is 1. The molecule has 0 amide bonds. The Hall–Kier alpha value is -1.14. The Bertz CT molecular complexity index is 462. The summed E-state index contributed by atoms with van der Waals surface area (Å²) in [5.41, 5.74) is 0.300. The Morgan fingerprint density at radius 2 is 2.06 bits per heavy atom. The summed E-state index contributed by atoms with van der Waals surface area (Å²) in [6.45, 7) is -0.0286. The van der Waals surface area contributed by atoms with Crippen LogP contribution in [0.5, 0.6) is 0 Å². The van der Waals surface area contributed by atoms with E-state index in [1.54, 1.807) is 0 Å². The number of aliphatic hydroxyl groups is 1. The summed E-state index contributed by atoms with van der Waals surface area (Å²) in [5.74, 6) is -0.527. The minimum atomic E-state index is -3.45. The van der Waals surface area contributed by atoms with Gasteiger partial charge in [-0.3, -0.25) is 4.31 Å². The molecule has 0 heterocycles. The molecule has 0 aliphatic carbocycles. The Balaban J connectivity index is 2.78. The molecule has 0 saturated carbocycles. The molecule has 1 rings (SSSR count). The fourth-order valence-corrected chi connectivity index (χ4v) is 2.64. The number of benzene rings is 1. The lowest BCUT2D eigenvalue weighted by molar-refractivity contribution is 0.287. The van der Waals surface area contributed by atoms with E-state index in [4.69, 9.17) is 5.11 Å². The maximum Gasteiger partial charge on any atom is 0.234 e. The van der Waals surface area contributed by atoms with Crippen molar-refractivity contribution >= 4 is 15.7 Å². The third kappa shape index (κ3) is 3.98. The summed E-state index contributed by atoms with van der Waals surface area (Å²) >= 11 is 0. The normalized spacial score (nSPS) is 11.5. The first-order chi connectivity index (χ1) is 7.97. The van der Waals surface area contributed by atoms with Crippen molar-refractivity contribution in [1.29, 1.82) is 0 Å². The Labute approximate surface area is 101 Å². The molecule has 1 aromatic rings. The van der Waals surface area contributed by atoms with E-state index in [1.807, 2.05) is 0 Å². The van der Waals surface area contributed by atoms with Gasteiger partial charge in [-0.05, 0) is 31.0 Å². The van der Waals surface area contributed by atoms with Gasteiger partial charge in [0.25, 0.3) is 0 Å². The summed E-state index contributed by atoms with van der Waals surface area (Å²) < 4.78 is 37.7. The van der Waals surface area contributed by atoms with Crippen LogP contribution in [0.2, 0.25) is 0 Å². The molecule has 0 fully saturated rings. The molecule has 0 unspecified atom stereocenters. The molecule has 96 valence electrons. The van der Waals surface area contributed by atoms with E-state index in [0.717, 1.165) is 4.31 Å². The van der Waals surface area contributed by atoms with Crippen molar-refractivity contribution in [1.82, 2.24) is 0 Å². The quantitative estimate of drug-likeness (QED) is 0.787. The van der Waals surface area contributed by atoms with Crippen LogP contribution < -0.4 is 4.31 Å². The molecule has 0 aliphatic rings. The van der Waals surface area contributed by atoms with Gasteiger partial charge in [0, 0.05) is 13.7 Å². The first kappa shape index (κ1) is 13.9. The van der Waals surface area contributed by atoms with Gasteiger partial charge in [0.05, 0.1) is 11.4 Å². The lowest BCUT2D eigenvalue weighted by Crippen LogP contribution is -2.29. The summed E-state index contributed by atoms with van der Waals surface area (Å²) in [7, 11) is -2.05.